The fourth-order valence-corrected chi connectivity index (χ4v) is 8.80. The molecular formula is C49H71F2N5O4S. The van der Waals surface area contributed by atoms with Gasteiger partial charge >= 0.3 is 0 Å². The summed E-state index contributed by atoms with van der Waals surface area (Å²) < 4.78 is 50.6. The summed E-state index contributed by atoms with van der Waals surface area (Å²) in [5.41, 5.74) is 8.66. The lowest BCUT2D eigenvalue weighted by atomic mass is 9.86. The lowest BCUT2D eigenvalue weighted by molar-refractivity contribution is -0.118. The highest BCUT2D eigenvalue weighted by Gasteiger charge is 2.49. The highest BCUT2D eigenvalue weighted by atomic mass is 32.1. The van der Waals surface area contributed by atoms with Crippen molar-refractivity contribution < 1.29 is 27.8 Å². The van der Waals surface area contributed by atoms with Crippen molar-refractivity contribution in [3.8, 4) is 6.07 Å². The molecule has 3 N–H and O–H groups in total. The first-order valence-corrected chi connectivity index (χ1v) is 23.4. The first-order valence-electron chi connectivity index (χ1n) is 22.6. The summed E-state index contributed by atoms with van der Waals surface area (Å²) in [5, 5.41) is 13.6. The van der Waals surface area contributed by atoms with E-state index in [1.807, 2.05) is 13.0 Å². The van der Waals surface area contributed by atoms with E-state index in [1.54, 1.807) is 13.8 Å². The van der Waals surface area contributed by atoms with E-state index in [4.69, 9.17) is 24.9 Å². The number of nitrogen functional groups attached to an aromatic ring is 1. The lowest BCUT2D eigenvalue weighted by Crippen LogP contribution is -2.42. The number of amidine groups is 1. The molecule has 2 bridgehead atoms. The normalized spacial score (nSPS) is 19.6. The van der Waals surface area contributed by atoms with Crippen LogP contribution in [0.2, 0.25) is 0 Å². The van der Waals surface area contributed by atoms with E-state index >= 15 is 8.78 Å². The number of nitriles is 1. The van der Waals surface area contributed by atoms with Crippen LogP contribution in [0.3, 0.4) is 0 Å². The minimum atomic E-state index is -0.661. The number of carbonyl (C=O) groups excluding carboxylic acids is 1. The number of nitrogens with one attached hydrogen (secondary N) is 1. The first kappa shape index (κ1) is 49.8. The van der Waals surface area contributed by atoms with Gasteiger partial charge in [0, 0.05) is 41.2 Å². The Morgan fingerprint density at radius 1 is 1.10 bits per heavy atom. The van der Waals surface area contributed by atoms with Crippen LogP contribution >= 0.6 is 11.3 Å². The van der Waals surface area contributed by atoms with Gasteiger partial charge in [-0.05, 0) is 81.2 Å². The predicted molar refractivity (Wildman–Crippen MR) is 247 cm³/mol. The van der Waals surface area contributed by atoms with Gasteiger partial charge in [-0.1, -0.05) is 92.7 Å². The number of thiophene rings is 1. The number of halogens is 2. The van der Waals surface area contributed by atoms with Gasteiger partial charge in [0.2, 0.25) is 0 Å². The molecule has 4 aliphatic rings. The summed E-state index contributed by atoms with van der Waals surface area (Å²) >= 11 is 0.930. The minimum Gasteiger partial charge on any atom is -0.479 e. The average Bonchev–Trinajstić information content (AvgIpc) is 3.66. The standard InChI is InChI=1S/C41H51F2N5O4S.2C4H10/c1-7-10-12-33(52-22-41(13-14-41)21-48-17-27-15-26(48)18-51-27)47-40(46-32(11-8-2)25(6)49)36-24(5)37(43)34(29-19-50-20-30(29)36)23(4)35-28(16-44)39(45)53-38(35)31(42)9-3;2*1-3-4-2/h9,12,26-27,32H,4,7-8,10-11,13-15,17-22,45H2,1-3,5-6H3,(H,46,47);2*3-4H2,1-2H3/b31-9+,33-12-;;. The number of ether oxygens (including phenoxy) is 3. The molecule has 12 heteroatoms. The van der Waals surface area contributed by atoms with E-state index in [9.17, 15) is 10.1 Å². The second-order valence-corrected chi connectivity index (χ2v) is 17.9. The molecule has 0 spiro atoms. The number of fused-ring (bicyclic) bond motifs is 3. The van der Waals surface area contributed by atoms with Crippen molar-refractivity contribution in [1.29, 1.82) is 5.26 Å². The van der Waals surface area contributed by atoms with Crippen LogP contribution in [-0.2, 0) is 32.2 Å². The van der Waals surface area contributed by atoms with Crippen LogP contribution in [0.4, 0.5) is 13.8 Å². The van der Waals surface area contributed by atoms with Crippen molar-refractivity contribution in [1.82, 2.24) is 10.2 Å². The van der Waals surface area contributed by atoms with Crippen LogP contribution in [0.25, 0.3) is 11.4 Å². The fraction of sp³-hybridized carbons (Fsp3) is 0.612. The van der Waals surface area contributed by atoms with Crippen LogP contribution in [-0.4, -0.2) is 61.0 Å². The van der Waals surface area contributed by atoms with E-state index < -0.39 is 17.7 Å². The Morgan fingerprint density at radius 2 is 1.75 bits per heavy atom. The van der Waals surface area contributed by atoms with Crippen molar-refractivity contribution in [2.45, 2.75) is 164 Å². The maximum Gasteiger partial charge on any atom is 0.188 e. The zero-order valence-electron chi connectivity index (χ0n) is 38.3. The third-order valence-corrected chi connectivity index (χ3v) is 13.0. The van der Waals surface area contributed by atoms with Crippen molar-refractivity contribution in [3.05, 3.63) is 74.3 Å². The third-order valence-electron chi connectivity index (χ3n) is 12.0. The summed E-state index contributed by atoms with van der Waals surface area (Å²) in [6, 6.07) is 1.88. The highest BCUT2D eigenvalue weighted by molar-refractivity contribution is 7.17. The Kier molecular flexibility index (Phi) is 19.2. The summed E-state index contributed by atoms with van der Waals surface area (Å²) in [4.78, 5) is 20.6. The van der Waals surface area contributed by atoms with Gasteiger partial charge in [-0.25, -0.2) is 8.78 Å². The Balaban J connectivity index is 0.000000941. The van der Waals surface area contributed by atoms with E-state index in [2.05, 4.69) is 57.5 Å². The van der Waals surface area contributed by atoms with Gasteiger partial charge in [0.05, 0.1) is 43.0 Å². The molecule has 0 amide bonds. The van der Waals surface area contributed by atoms with Crippen LogP contribution in [0.1, 0.15) is 170 Å². The number of hydrogen-bond acceptors (Lipinski definition) is 9. The third kappa shape index (κ3) is 12.2. The zero-order chi connectivity index (χ0) is 44.9. The van der Waals surface area contributed by atoms with Crippen molar-refractivity contribution in [2.24, 2.45) is 10.4 Å². The number of aliphatic imine (C=N–C) groups is 1. The van der Waals surface area contributed by atoms with E-state index in [0.29, 0.717) is 53.6 Å². The molecule has 2 saturated heterocycles. The van der Waals surface area contributed by atoms with Crippen LogP contribution < -0.4 is 11.1 Å². The molecule has 3 aliphatic heterocycles. The number of morpholine rings is 1. The molecule has 1 aromatic heterocycles. The molecule has 2 aromatic rings. The monoisotopic (exact) mass is 864 g/mol. The van der Waals surface area contributed by atoms with Gasteiger partial charge in [-0.2, -0.15) is 5.26 Å². The maximum atomic E-state index is 17.1. The van der Waals surface area contributed by atoms with Crippen LogP contribution in [0.15, 0.2) is 29.6 Å². The molecule has 1 aromatic carbocycles. The van der Waals surface area contributed by atoms with Gasteiger partial charge in [0.1, 0.15) is 34.6 Å². The molecular weight excluding hydrogens is 793 g/mol. The van der Waals surface area contributed by atoms with E-state index in [1.165, 1.54) is 38.7 Å². The molecule has 336 valence electrons. The molecule has 3 unspecified atom stereocenters. The number of likely N-dealkylation sites (tertiary alicyclic amines) is 1. The van der Waals surface area contributed by atoms with Crippen molar-refractivity contribution in [3.63, 3.8) is 0 Å². The number of unbranched alkanes of at least 4 members (excludes halogenated alkanes) is 3. The Hall–Kier alpha value is -3.89. The molecule has 0 radical (unpaired) electrons. The van der Waals surface area contributed by atoms with Crippen molar-refractivity contribution >= 4 is 39.4 Å². The molecule has 4 heterocycles. The molecule has 3 atom stereocenters. The number of benzene rings is 1. The van der Waals surface area contributed by atoms with Gasteiger partial charge < -0.3 is 25.3 Å². The van der Waals surface area contributed by atoms with Gasteiger partial charge in [0.15, 0.2) is 11.7 Å². The molecule has 1 saturated carbocycles. The number of anilines is 1. The first-order chi connectivity index (χ1) is 29.3. The number of ketones is 1. The van der Waals surface area contributed by atoms with Gasteiger partial charge in [-0.3, -0.25) is 14.7 Å². The number of rotatable bonds is 18. The summed E-state index contributed by atoms with van der Waals surface area (Å²) in [7, 11) is 0. The highest BCUT2D eigenvalue weighted by Crippen LogP contribution is 2.49. The number of hydrogen-bond donors (Lipinski definition) is 2. The number of nitrogens with zero attached hydrogens (tertiary/aromatic N) is 3. The number of Topliss-reactive ketones (excluding diaryl/α,β-unsaturated/α-hetero) is 1. The van der Waals surface area contributed by atoms with Crippen molar-refractivity contribution in [2.75, 3.05) is 32.0 Å². The van der Waals surface area contributed by atoms with E-state index in [-0.39, 0.29) is 62.1 Å². The second-order valence-electron chi connectivity index (χ2n) is 16.8. The quantitative estimate of drug-likeness (QED) is 0.0863. The zero-order valence-corrected chi connectivity index (χ0v) is 39.1. The lowest BCUT2D eigenvalue weighted by Gasteiger charge is -2.31. The summed E-state index contributed by atoms with van der Waals surface area (Å²) in [5.74, 6) is -0.428. The molecule has 6 rings (SSSR count). The van der Waals surface area contributed by atoms with Gasteiger partial charge in [0.25, 0.3) is 0 Å². The molecule has 3 fully saturated rings. The number of nitrogens with two attached hydrogens (primary N) is 1. The van der Waals surface area contributed by atoms with Crippen LogP contribution in [0, 0.1) is 29.5 Å². The molecule has 1 aliphatic carbocycles. The largest absolute Gasteiger partial charge is 0.479 e. The van der Waals surface area contributed by atoms with Crippen LogP contribution in [0.5, 0.6) is 0 Å². The smallest absolute Gasteiger partial charge is 0.188 e. The Bertz CT molecular complexity index is 1970. The molecule has 61 heavy (non-hydrogen) atoms. The summed E-state index contributed by atoms with van der Waals surface area (Å²) in [6.45, 7) is 25.2. The van der Waals surface area contributed by atoms with E-state index in [0.717, 1.165) is 69.6 Å². The maximum absolute atomic E-state index is 17.1. The van der Waals surface area contributed by atoms with Gasteiger partial charge in [-0.15, -0.1) is 11.3 Å². The SMILES string of the molecule is C=C(c1c(/C(F)=C\C)sc(N)c1C#N)c1c(F)c(C)c(C(=NC(CCC)C(C)=O)N/C(=C/CCC)OCC2(CN3CC4CC3CO4)CC2)c2c1COC2.CCCC.CCCC. The Labute approximate surface area is 368 Å². The molecule has 9 nitrogen and oxygen atoms in total. The average molecular weight is 864 g/mol. The predicted octanol–water partition coefficient (Wildman–Crippen LogP) is 11.7. The fourth-order valence-electron chi connectivity index (χ4n) is 7.78. The Morgan fingerprint density at radius 3 is 2.26 bits per heavy atom. The number of carbonyl (C=O) groups is 1. The topological polar surface area (TPSA) is 122 Å². The second kappa shape index (κ2) is 23.5. The minimum absolute atomic E-state index is 0.0513. The summed E-state index contributed by atoms with van der Waals surface area (Å²) in [6.07, 6.45) is 15.0. The number of allylic oxidation sites excluding steroid dienone is 2.